The predicted octanol–water partition coefficient (Wildman–Crippen LogP) is 22.6. The molecule has 0 saturated heterocycles. The molecule has 0 aliphatic carbocycles. The maximum atomic E-state index is 12.4. The highest BCUT2D eigenvalue weighted by molar-refractivity contribution is 5.70. The minimum absolute atomic E-state index is 0.0656. The van der Waals surface area contributed by atoms with Crippen molar-refractivity contribution in [2.24, 2.45) is 0 Å². The van der Waals surface area contributed by atoms with E-state index in [9.17, 15) is 14.7 Å². The summed E-state index contributed by atoms with van der Waals surface area (Å²) in [6.45, 7) is 3.95. The van der Waals surface area contributed by atoms with Gasteiger partial charge in [-0.2, -0.15) is 0 Å². The first-order chi connectivity index (χ1) is 37.6. The number of hydrogen-bond acceptors (Lipinski definition) is 5. The van der Waals surface area contributed by atoms with E-state index in [0.29, 0.717) is 12.8 Å². The van der Waals surface area contributed by atoms with E-state index < -0.39 is 6.10 Å². The average Bonchev–Trinajstić information content (AvgIpc) is 3.42. The molecule has 5 heteroatoms. The zero-order chi connectivity index (χ0) is 54.8. The Balaban J connectivity index is 3.43. The first-order valence-electron chi connectivity index (χ1n) is 32.8. The fraction of sp³-hybridized carbons (Fsp3) is 0.746. The first kappa shape index (κ1) is 72.8. The van der Waals surface area contributed by atoms with E-state index in [4.69, 9.17) is 9.47 Å². The predicted molar refractivity (Wildman–Crippen MR) is 334 cm³/mol. The number of allylic oxidation sites excluding steroid dienone is 16. The van der Waals surface area contributed by atoms with Crippen molar-refractivity contribution in [2.75, 3.05) is 13.2 Å². The van der Waals surface area contributed by atoms with Crippen LogP contribution in [-0.4, -0.2) is 36.4 Å². The molecule has 0 spiro atoms. The second-order valence-corrected chi connectivity index (χ2v) is 21.8. The van der Waals surface area contributed by atoms with Crippen molar-refractivity contribution in [3.05, 3.63) is 97.2 Å². The molecule has 0 fully saturated rings. The number of hydrogen-bond donors (Lipinski definition) is 1. The van der Waals surface area contributed by atoms with Crippen molar-refractivity contribution in [3.8, 4) is 0 Å². The summed E-state index contributed by atoms with van der Waals surface area (Å²) in [6.07, 6.45) is 94.2. The van der Waals surface area contributed by atoms with Gasteiger partial charge in [-0.05, 0) is 89.9 Å². The molecule has 0 aliphatic rings. The van der Waals surface area contributed by atoms with E-state index in [1.54, 1.807) is 0 Å². The van der Waals surface area contributed by atoms with E-state index in [1.807, 2.05) is 0 Å². The molecule has 1 unspecified atom stereocenters. The molecule has 76 heavy (non-hydrogen) atoms. The minimum Gasteiger partial charge on any atom is -0.462 e. The van der Waals surface area contributed by atoms with Gasteiger partial charge in [-0.3, -0.25) is 9.59 Å². The maximum Gasteiger partial charge on any atom is 0.306 e. The lowest BCUT2D eigenvalue weighted by molar-refractivity contribution is -0.161. The van der Waals surface area contributed by atoms with Crippen molar-refractivity contribution in [3.63, 3.8) is 0 Å². The summed E-state index contributed by atoms with van der Waals surface area (Å²) >= 11 is 0. The highest BCUT2D eigenvalue weighted by Crippen LogP contribution is 2.18. The number of aliphatic hydroxyl groups excluding tert-OH is 1. The van der Waals surface area contributed by atoms with Crippen LogP contribution in [0.25, 0.3) is 0 Å². The third-order valence-corrected chi connectivity index (χ3v) is 14.4. The molecule has 0 aromatic carbocycles. The van der Waals surface area contributed by atoms with Gasteiger partial charge >= 0.3 is 11.9 Å². The van der Waals surface area contributed by atoms with Crippen LogP contribution in [0.3, 0.4) is 0 Å². The van der Waals surface area contributed by atoms with Gasteiger partial charge in [-0.25, -0.2) is 0 Å². The summed E-state index contributed by atoms with van der Waals surface area (Å²) in [4.78, 5) is 24.6. The van der Waals surface area contributed by atoms with Crippen LogP contribution >= 0.6 is 0 Å². The normalized spacial score (nSPS) is 12.8. The van der Waals surface area contributed by atoms with Gasteiger partial charge in [-0.15, -0.1) is 0 Å². The largest absolute Gasteiger partial charge is 0.462 e. The molecule has 0 rings (SSSR count). The highest BCUT2D eigenvalue weighted by atomic mass is 16.6. The Labute approximate surface area is 472 Å². The van der Waals surface area contributed by atoms with E-state index >= 15 is 0 Å². The Hall–Kier alpha value is -3.18. The number of carbonyl (C=O) groups is 2. The lowest BCUT2D eigenvalue weighted by Crippen LogP contribution is -2.28. The molecule has 5 nitrogen and oxygen atoms in total. The highest BCUT2D eigenvalue weighted by Gasteiger charge is 2.16. The molecule has 0 aromatic rings. The molecule has 0 heterocycles. The van der Waals surface area contributed by atoms with Gasteiger partial charge in [0.25, 0.3) is 0 Å². The Morgan fingerprint density at radius 2 is 0.526 bits per heavy atom. The zero-order valence-electron chi connectivity index (χ0n) is 50.3. The summed E-state index contributed by atoms with van der Waals surface area (Å²) in [5, 5.41) is 9.69. The summed E-state index contributed by atoms with van der Waals surface area (Å²) < 4.78 is 10.8. The van der Waals surface area contributed by atoms with Crippen molar-refractivity contribution in [1.82, 2.24) is 0 Å². The van der Waals surface area contributed by atoms with Gasteiger partial charge in [0.2, 0.25) is 0 Å². The van der Waals surface area contributed by atoms with Crippen LogP contribution in [0.5, 0.6) is 0 Å². The molecule has 0 aromatic heterocycles. The van der Waals surface area contributed by atoms with E-state index in [2.05, 4.69) is 111 Å². The minimum atomic E-state index is -0.776. The molecule has 1 N–H and O–H groups in total. The maximum absolute atomic E-state index is 12.4. The van der Waals surface area contributed by atoms with E-state index in [0.717, 1.165) is 89.9 Å². The van der Waals surface area contributed by atoms with E-state index in [1.165, 1.54) is 205 Å². The number of ether oxygens (including phenoxy) is 2. The number of aliphatic hydroxyl groups is 1. The number of unbranched alkanes of at least 4 members (excludes halogenated alkanes) is 36. The number of esters is 2. The summed E-state index contributed by atoms with van der Waals surface area (Å²) in [6, 6.07) is 0. The zero-order valence-corrected chi connectivity index (χ0v) is 50.3. The van der Waals surface area contributed by atoms with Crippen LogP contribution < -0.4 is 0 Å². The van der Waals surface area contributed by atoms with Crippen LogP contribution in [0.4, 0.5) is 0 Å². The fourth-order valence-corrected chi connectivity index (χ4v) is 9.54. The lowest BCUT2D eigenvalue weighted by atomic mass is 10.0. The van der Waals surface area contributed by atoms with Crippen LogP contribution in [0, 0.1) is 0 Å². The molecule has 1 atom stereocenters. The SMILES string of the molecule is CC/C=C\C/C=C\C/C=C\C/C=C\CCCCCCCCCCCCCCCCCCCCCCCCC(=O)OC(CO)COC(=O)CCCCCCCCCCCCCCCC/C=C\C/C=C\C/C=C\C/C=C\CC. The molecule has 0 bridgehead atoms. The lowest BCUT2D eigenvalue weighted by Gasteiger charge is -2.15. The topological polar surface area (TPSA) is 72.8 Å². The van der Waals surface area contributed by atoms with Crippen molar-refractivity contribution >= 4 is 11.9 Å². The smallest absolute Gasteiger partial charge is 0.306 e. The Bertz CT molecular complexity index is 1430. The first-order valence-corrected chi connectivity index (χ1v) is 32.8. The molecule has 0 amide bonds. The van der Waals surface area contributed by atoms with Crippen molar-refractivity contribution in [1.29, 1.82) is 0 Å². The van der Waals surface area contributed by atoms with Gasteiger partial charge < -0.3 is 14.6 Å². The van der Waals surface area contributed by atoms with Crippen molar-refractivity contribution in [2.45, 2.75) is 328 Å². The third-order valence-electron chi connectivity index (χ3n) is 14.4. The van der Waals surface area contributed by atoms with Crippen molar-refractivity contribution < 1.29 is 24.2 Å². The van der Waals surface area contributed by atoms with E-state index in [-0.39, 0.29) is 25.2 Å². The third kappa shape index (κ3) is 63.4. The van der Waals surface area contributed by atoms with Crippen LogP contribution in [0.2, 0.25) is 0 Å². The average molecular weight is 1060 g/mol. The second kappa shape index (κ2) is 66.1. The Morgan fingerprint density at radius 1 is 0.303 bits per heavy atom. The molecule has 0 aliphatic heterocycles. The van der Waals surface area contributed by atoms with Gasteiger partial charge in [0.15, 0.2) is 6.10 Å². The number of carbonyl (C=O) groups excluding carboxylic acids is 2. The Morgan fingerprint density at radius 3 is 0.789 bits per heavy atom. The van der Waals surface area contributed by atoms with Crippen LogP contribution in [0.1, 0.15) is 322 Å². The van der Waals surface area contributed by atoms with Gasteiger partial charge in [-0.1, -0.05) is 317 Å². The quantitative estimate of drug-likeness (QED) is 0.0373. The summed E-state index contributed by atoms with van der Waals surface area (Å²) in [5.74, 6) is -0.579. The van der Waals surface area contributed by atoms with Gasteiger partial charge in [0.1, 0.15) is 6.61 Å². The standard InChI is InChI=1S/C71H124O5/c1-3-5-7-9-11-13-15-17-19-21-23-25-27-29-31-32-33-34-35-36-37-38-40-42-44-46-48-50-52-54-56-58-60-62-64-66-71(74)76-69(67-72)68-75-70(73)65-63-61-59-57-55-53-51-49-47-45-43-41-39-30-28-26-24-22-20-18-16-14-12-10-8-6-4-2/h5-8,11-14,17-20,23-26,69,72H,3-4,9-10,15-16,21-22,27-68H2,1-2H3/b7-5-,8-6-,13-11-,14-12-,19-17-,20-18-,25-23-,26-24-. The second-order valence-electron chi connectivity index (χ2n) is 21.8. The van der Waals surface area contributed by atoms with Gasteiger partial charge in [0.05, 0.1) is 6.61 Å². The van der Waals surface area contributed by atoms with Gasteiger partial charge in [0, 0.05) is 12.8 Å². The van der Waals surface area contributed by atoms with Crippen LogP contribution in [-0.2, 0) is 19.1 Å². The fourth-order valence-electron chi connectivity index (χ4n) is 9.54. The molecule has 0 radical (unpaired) electrons. The molecule has 438 valence electrons. The van der Waals surface area contributed by atoms with Crippen LogP contribution in [0.15, 0.2) is 97.2 Å². The Kier molecular flexibility index (Phi) is 63.3. The molecule has 0 saturated carbocycles. The molecular formula is C71H124O5. The molecular weight excluding hydrogens is 933 g/mol. The number of rotatable bonds is 60. The monoisotopic (exact) mass is 1060 g/mol. The summed E-state index contributed by atoms with van der Waals surface area (Å²) in [7, 11) is 0. The summed E-state index contributed by atoms with van der Waals surface area (Å²) in [5.41, 5.74) is 0.